The van der Waals surface area contributed by atoms with E-state index in [2.05, 4.69) is 10.6 Å². The zero-order valence-electron chi connectivity index (χ0n) is 24.3. The molecule has 0 aromatic heterocycles. The van der Waals surface area contributed by atoms with Crippen molar-refractivity contribution < 1.29 is 23.9 Å². The highest BCUT2D eigenvalue weighted by atomic mass is 16.6. The fourth-order valence-corrected chi connectivity index (χ4v) is 4.33. The Morgan fingerprint density at radius 2 is 1.49 bits per heavy atom. The Kier molecular flexibility index (Phi) is 10.3. The molecule has 2 atom stereocenters. The lowest BCUT2D eigenvalue weighted by molar-refractivity contribution is -0.149. The molecule has 2 rings (SSSR count). The topological polar surface area (TPSA) is 131 Å². The van der Waals surface area contributed by atoms with Gasteiger partial charge in [0.05, 0.1) is 6.42 Å². The molecule has 2 unspecified atom stereocenters. The molecular formula is C30H42N4O5. The first-order valence-corrected chi connectivity index (χ1v) is 13.0. The van der Waals surface area contributed by atoms with Gasteiger partial charge in [-0.1, -0.05) is 59.7 Å². The number of nitrogens with one attached hydrogen (secondary N) is 2. The van der Waals surface area contributed by atoms with Gasteiger partial charge in [0, 0.05) is 12.1 Å². The summed E-state index contributed by atoms with van der Waals surface area (Å²) in [5.41, 5.74) is 7.10. The summed E-state index contributed by atoms with van der Waals surface area (Å²) in [4.78, 5) is 54.0. The third-order valence-corrected chi connectivity index (χ3v) is 5.73. The van der Waals surface area contributed by atoms with E-state index in [1.54, 1.807) is 41.5 Å². The van der Waals surface area contributed by atoms with Gasteiger partial charge in [0.25, 0.3) is 0 Å². The van der Waals surface area contributed by atoms with Gasteiger partial charge in [0.2, 0.25) is 17.7 Å². The van der Waals surface area contributed by atoms with E-state index in [4.69, 9.17) is 10.5 Å². The minimum absolute atomic E-state index is 0.258. The molecule has 0 saturated carbocycles. The number of benzene rings is 2. The van der Waals surface area contributed by atoms with Crippen LogP contribution < -0.4 is 16.4 Å². The van der Waals surface area contributed by atoms with Crippen LogP contribution in [0.1, 0.15) is 76.3 Å². The van der Waals surface area contributed by atoms with Crippen LogP contribution in [-0.2, 0) is 25.7 Å². The molecular weight excluding hydrogens is 496 g/mol. The Hall–Kier alpha value is -3.88. The monoisotopic (exact) mass is 538 g/mol. The van der Waals surface area contributed by atoms with Crippen LogP contribution in [0.4, 0.5) is 4.79 Å². The van der Waals surface area contributed by atoms with E-state index in [0.29, 0.717) is 5.56 Å². The molecule has 0 aliphatic carbocycles. The molecule has 0 radical (unpaired) electrons. The van der Waals surface area contributed by atoms with Crippen molar-refractivity contribution in [3.05, 3.63) is 70.8 Å². The molecule has 0 aliphatic rings. The maximum absolute atomic E-state index is 14.2. The van der Waals surface area contributed by atoms with Crippen molar-refractivity contribution in [1.29, 1.82) is 0 Å². The highest BCUT2D eigenvalue weighted by Gasteiger charge is 2.42. The van der Waals surface area contributed by atoms with Crippen LogP contribution in [-0.4, -0.2) is 45.9 Å². The highest BCUT2D eigenvalue weighted by molar-refractivity contribution is 5.95. The van der Waals surface area contributed by atoms with E-state index in [1.165, 1.54) is 4.90 Å². The van der Waals surface area contributed by atoms with Crippen molar-refractivity contribution in [2.75, 3.05) is 0 Å². The van der Waals surface area contributed by atoms with Gasteiger partial charge in [-0.25, -0.2) is 4.79 Å². The second-order valence-electron chi connectivity index (χ2n) is 11.8. The Balaban J connectivity index is 2.57. The molecule has 9 heteroatoms. The lowest BCUT2D eigenvalue weighted by Gasteiger charge is -2.43. The number of rotatable bonds is 9. The summed E-state index contributed by atoms with van der Waals surface area (Å²) in [5, 5.41) is 5.46. The second kappa shape index (κ2) is 12.8. The van der Waals surface area contributed by atoms with Crippen LogP contribution in [0.15, 0.2) is 48.5 Å². The highest BCUT2D eigenvalue weighted by Crippen LogP contribution is 2.31. The van der Waals surface area contributed by atoms with E-state index in [1.807, 2.05) is 62.4 Å². The summed E-state index contributed by atoms with van der Waals surface area (Å²) in [6, 6.07) is 12.7. The zero-order chi connectivity index (χ0) is 29.5. The molecule has 0 bridgehead atoms. The third kappa shape index (κ3) is 9.74. The van der Waals surface area contributed by atoms with E-state index in [0.717, 1.165) is 16.7 Å². The van der Waals surface area contributed by atoms with Gasteiger partial charge >= 0.3 is 6.09 Å². The van der Waals surface area contributed by atoms with Crippen LogP contribution >= 0.6 is 0 Å². The molecule has 0 heterocycles. The molecule has 0 saturated heterocycles. The largest absolute Gasteiger partial charge is 0.444 e. The Morgan fingerprint density at radius 1 is 0.923 bits per heavy atom. The summed E-state index contributed by atoms with van der Waals surface area (Å²) in [7, 11) is 0. The number of carbonyl (C=O) groups excluding carboxylic acids is 4. The number of carbonyl (C=O) groups is 4. The number of ether oxygens (including phenoxy) is 1. The summed E-state index contributed by atoms with van der Waals surface area (Å²) in [5.74, 6) is -1.82. The first-order chi connectivity index (χ1) is 18.0. The number of nitrogens with two attached hydrogens (primary N) is 1. The van der Waals surface area contributed by atoms with E-state index in [9.17, 15) is 19.2 Å². The predicted molar refractivity (Wildman–Crippen MR) is 151 cm³/mol. The molecule has 2 aromatic rings. The molecule has 212 valence electrons. The third-order valence-electron chi connectivity index (χ3n) is 5.73. The Bertz CT molecular complexity index is 1160. The average molecular weight is 539 g/mol. The van der Waals surface area contributed by atoms with E-state index in [-0.39, 0.29) is 6.54 Å². The Morgan fingerprint density at radius 3 is 1.97 bits per heavy atom. The number of hydrogen-bond acceptors (Lipinski definition) is 5. The maximum atomic E-state index is 14.2. The fraction of sp³-hybridized carbons (Fsp3) is 0.467. The number of aryl methyl sites for hydroxylation is 2. The van der Waals surface area contributed by atoms with Crippen LogP contribution in [0.2, 0.25) is 0 Å². The minimum atomic E-state index is -1.34. The zero-order valence-corrected chi connectivity index (χ0v) is 24.3. The fourth-order valence-electron chi connectivity index (χ4n) is 4.33. The number of primary amides is 1. The van der Waals surface area contributed by atoms with Crippen LogP contribution in [0, 0.1) is 13.8 Å². The van der Waals surface area contributed by atoms with Crippen molar-refractivity contribution in [2.45, 2.75) is 91.6 Å². The predicted octanol–water partition coefficient (Wildman–Crippen LogP) is 4.06. The van der Waals surface area contributed by atoms with Gasteiger partial charge in [-0.3, -0.25) is 14.4 Å². The molecule has 0 aliphatic heterocycles. The van der Waals surface area contributed by atoms with Crippen molar-refractivity contribution in [2.24, 2.45) is 5.73 Å². The van der Waals surface area contributed by atoms with Crippen LogP contribution in [0.25, 0.3) is 0 Å². The minimum Gasteiger partial charge on any atom is -0.444 e. The summed E-state index contributed by atoms with van der Waals surface area (Å²) >= 11 is 0. The van der Waals surface area contributed by atoms with Gasteiger partial charge in [-0.15, -0.1) is 0 Å². The molecule has 2 aromatic carbocycles. The number of hydrogen-bond donors (Lipinski definition) is 3. The maximum Gasteiger partial charge on any atom is 0.408 e. The van der Waals surface area contributed by atoms with Gasteiger partial charge in [-0.2, -0.15) is 0 Å². The smallest absolute Gasteiger partial charge is 0.408 e. The molecule has 0 spiro atoms. The Labute approximate surface area is 231 Å². The average Bonchev–Trinajstić information content (AvgIpc) is 2.77. The molecule has 4 N–H and O–H groups in total. The normalized spacial score (nSPS) is 13.1. The second-order valence-corrected chi connectivity index (χ2v) is 11.8. The number of nitrogens with zero attached hydrogens (tertiary/aromatic N) is 1. The van der Waals surface area contributed by atoms with Crippen LogP contribution in [0.3, 0.4) is 0 Å². The van der Waals surface area contributed by atoms with E-state index < -0.39 is 53.5 Å². The number of amides is 4. The standard InChI is InChI=1S/C30H42N4O5/c1-19-14-20(2)16-22(15-19)25(26(36)32-18-21-12-10-9-11-13-21)34(29(3,4)5)27(37)23(17-24(31)35)33-28(38)39-30(6,7)8/h9-16,23,25H,17-18H2,1-8H3,(H2,31,35)(H,32,36)(H,33,38). The van der Waals surface area contributed by atoms with Gasteiger partial charge < -0.3 is 26.0 Å². The lowest BCUT2D eigenvalue weighted by Crippen LogP contribution is -2.59. The summed E-state index contributed by atoms with van der Waals surface area (Å²) < 4.78 is 5.32. The van der Waals surface area contributed by atoms with Crippen molar-refractivity contribution in [1.82, 2.24) is 15.5 Å². The quantitative estimate of drug-likeness (QED) is 0.443. The van der Waals surface area contributed by atoms with E-state index >= 15 is 0 Å². The molecule has 0 fully saturated rings. The van der Waals surface area contributed by atoms with Gasteiger partial charge in [0.15, 0.2) is 0 Å². The van der Waals surface area contributed by atoms with Crippen molar-refractivity contribution in [3.63, 3.8) is 0 Å². The van der Waals surface area contributed by atoms with Gasteiger partial charge in [-0.05, 0) is 66.5 Å². The van der Waals surface area contributed by atoms with Crippen molar-refractivity contribution in [3.8, 4) is 0 Å². The molecule has 9 nitrogen and oxygen atoms in total. The molecule has 4 amide bonds. The first kappa shape index (κ1) is 31.3. The summed E-state index contributed by atoms with van der Waals surface area (Å²) in [6.07, 6.45) is -1.33. The molecule has 39 heavy (non-hydrogen) atoms. The number of alkyl carbamates (subject to hydrolysis) is 1. The van der Waals surface area contributed by atoms with Crippen molar-refractivity contribution >= 4 is 23.8 Å². The first-order valence-electron chi connectivity index (χ1n) is 13.0. The van der Waals surface area contributed by atoms with Gasteiger partial charge in [0.1, 0.15) is 17.7 Å². The van der Waals surface area contributed by atoms with Crippen LogP contribution in [0.5, 0.6) is 0 Å². The lowest BCUT2D eigenvalue weighted by atomic mass is 9.93. The summed E-state index contributed by atoms with van der Waals surface area (Å²) in [6.45, 7) is 14.5. The SMILES string of the molecule is Cc1cc(C)cc(C(C(=O)NCc2ccccc2)N(C(=O)C(CC(N)=O)NC(=O)OC(C)(C)C)C(C)(C)C)c1.